The van der Waals surface area contributed by atoms with Crippen molar-refractivity contribution in [3.63, 3.8) is 0 Å². The van der Waals surface area contributed by atoms with Crippen LogP contribution in [0.25, 0.3) is 0 Å². The first-order valence-electron chi connectivity index (χ1n) is 14.5. The molecule has 5 rings (SSSR count). The predicted octanol–water partition coefficient (Wildman–Crippen LogP) is 5.55. The van der Waals surface area contributed by atoms with Crippen LogP contribution in [0.15, 0.2) is 90.1 Å². The van der Waals surface area contributed by atoms with Crippen LogP contribution in [0, 0.1) is 28.8 Å². The van der Waals surface area contributed by atoms with Gasteiger partial charge >= 0.3 is 0 Å². The molecule has 1 amide bonds. The molecule has 4 aromatic rings. The SMILES string of the molecule is N#Cc1cccc(SC[C@@H]2CNC[C@@H](CCc3c(F)cncc3NC(=O)C(N)C(c3ccc(F)cc3)c3ccc(F)cc3)O2)c1. The number of ether oxygens (including phenoxy) is 1. The van der Waals surface area contributed by atoms with E-state index in [1.807, 2.05) is 18.2 Å². The number of rotatable bonds is 11. The third kappa shape index (κ3) is 8.49. The quantitative estimate of drug-likeness (QED) is 0.186. The van der Waals surface area contributed by atoms with Gasteiger partial charge in [-0.25, -0.2) is 13.2 Å². The standard InChI is InChI=1S/C34H32F3N5O2S/c35-24-8-4-22(5-9-24)32(23-6-10-25(36)11-7-23)33(39)34(43)42-31-19-41-18-30(37)29(31)13-12-26-16-40-17-27(44-26)20-45-28-3-1-2-21(14-28)15-38/h1-11,14,18-19,26-27,32-33,40H,12-13,16-17,20,39H2,(H,42,43)/t26-,27+,33?/m1/s1. The van der Waals surface area contributed by atoms with E-state index >= 15 is 4.39 Å². The molecule has 2 heterocycles. The number of carbonyl (C=O) groups is 1. The molecule has 3 atom stereocenters. The van der Waals surface area contributed by atoms with Crippen LogP contribution in [-0.2, 0) is 16.0 Å². The number of pyridine rings is 1. The second kappa shape index (κ2) is 15.2. The number of nitrogens with two attached hydrogens (primary N) is 1. The molecule has 0 aliphatic carbocycles. The van der Waals surface area contributed by atoms with E-state index < -0.39 is 35.3 Å². The van der Waals surface area contributed by atoms with E-state index in [0.29, 0.717) is 42.0 Å². The molecule has 7 nitrogen and oxygen atoms in total. The lowest BCUT2D eigenvalue weighted by Gasteiger charge is -2.31. The summed E-state index contributed by atoms with van der Waals surface area (Å²) in [5.74, 6) is -2.10. The smallest absolute Gasteiger partial charge is 0.242 e. The van der Waals surface area contributed by atoms with Crippen molar-refractivity contribution >= 4 is 23.4 Å². The molecule has 1 aliphatic heterocycles. The van der Waals surface area contributed by atoms with Gasteiger partial charge in [0.25, 0.3) is 0 Å². The number of anilines is 1. The lowest BCUT2D eigenvalue weighted by Crippen LogP contribution is -2.46. The topological polar surface area (TPSA) is 113 Å². The van der Waals surface area contributed by atoms with Crippen molar-refractivity contribution in [2.24, 2.45) is 5.73 Å². The van der Waals surface area contributed by atoms with Crippen molar-refractivity contribution < 1.29 is 22.7 Å². The molecule has 1 saturated heterocycles. The maximum Gasteiger partial charge on any atom is 0.242 e. The molecule has 45 heavy (non-hydrogen) atoms. The van der Waals surface area contributed by atoms with E-state index in [2.05, 4.69) is 21.7 Å². The van der Waals surface area contributed by atoms with Gasteiger partial charge in [-0.1, -0.05) is 30.3 Å². The number of hydrogen-bond acceptors (Lipinski definition) is 7. The van der Waals surface area contributed by atoms with Crippen LogP contribution in [0.4, 0.5) is 18.9 Å². The van der Waals surface area contributed by atoms with Gasteiger partial charge in [0.1, 0.15) is 17.5 Å². The minimum absolute atomic E-state index is 0.0752. The normalized spacial score (nSPS) is 17.1. The Morgan fingerprint density at radius 1 is 1.02 bits per heavy atom. The Hall–Kier alpha value is -4.21. The highest BCUT2D eigenvalue weighted by Crippen LogP contribution is 2.30. The highest BCUT2D eigenvalue weighted by atomic mass is 32.2. The van der Waals surface area contributed by atoms with E-state index in [4.69, 9.17) is 15.7 Å². The number of morpholine rings is 1. The van der Waals surface area contributed by atoms with Gasteiger partial charge in [-0.15, -0.1) is 11.8 Å². The Kier molecular flexibility index (Phi) is 10.9. The van der Waals surface area contributed by atoms with Crippen molar-refractivity contribution in [2.45, 2.75) is 41.9 Å². The van der Waals surface area contributed by atoms with Crippen molar-refractivity contribution in [3.8, 4) is 6.07 Å². The number of nitrogens with one attached hydrogen (secondary N) is 2. The van der Waals surface area contributed by atoms with Crippen LogP contribution in [-0.4, -0.2) is 48.0 Å². The molecule has 1 unspecified atom stereocenters. The Morgan fingerprint density at radius 3 is 2.36 bits per heavy atom. The molecule has 4 N–H and O–H groups in total. The molecule has 1 fully saturated rings. The second-order valence-corrected chi connectivity index (χ2v) is 11.9. The molecule has 0 radical (unpaired) electrons. The molecular weight excluding hydrogens is 599 g/mol. The average Bonchev–Trinajstić information content (AvgIpc) is 3.05. The van der Waals surface area contributed by atoms with Gasteiger partial charge < -0.3 is 21.1 Å². The molecule has 11 heteroatoms. The summed E-state index contributed by atoms with van der Waals surface area (Å²) in [7, 11) is 0. The number of aromatic nitrogens is 1. The molecule has 0 saturated carbocycles. The number of thioether (sulfide) groups is 1. The first-order chi connectivity index (χ1) is 21.8. The highest BCUT2D eigenvalue weighted by Gasteiger charge is 2.29. The van der Waals surface area contributed by atoms with Crippen LogP contribution in [0.1, 0.15) is 34.6 Å². The number of carbonyl (C=O) groups excluding carboxylic acids is 1. The summed E-state index contributed by atoms with van der Waals surface area (Å²) in [4.78, 5) is 18.4. The Balaban J connectivity index is 1.24. The highest BCUT2D eigenvalue weighted by molar-refractivity contribution is 7.99. The molecule has 1 aromatic heterocycles. The Labute approximate surface area is 264 Å². The zero-order valence-corrected chi connectivity index (χ0v) is 25.1. The summed E-state index contributed by atoms with van der Waals surface area (Å²) in [6, 6.07) is 19.6. The fraction of sp³-hybridized carbons (Fsp3) is 0.265. The van der Waals surface area contributed by atoms with Crippen LogP contribution < -0.4 is 16.4 Å². The molecule has 232 valence electrons. The number of amides is 1. The summed E-state index contributed by atoms with van der Waals surface area (Å²) < 4.78 is 48.7. The zero-order valence-electron chi connectivity index (χ0n) is 24.3. The van der Waals surface area contributed by atoms with Crippen LogP contribution >= 0.6 is 11.8 Å². The van der Waals surface area contributed by atoms with E-state index in [1.54, 1.807) is 17.8 Å². The molecular formula is C34H32F3N5O2S. The molecule has 1 aliphatic rings. The van der Waals surface area contributed by atoms with Gasteiger partial charge in [-0.3, -0.25) is 9.78 Å². The number of nitrogens with zero attached hydrogens (tertiary/aromatic N) is 2. The molecule has 3 aromatic carbocycles. The maximum atomic E-state index is 15.1. The zero-order chi connectivity index (χ0) is 31.8. The molecule has 0 spiro atoms. The summed E-state index contributed by atoms with van der Waals surface area (Å²) >= 11 is 1.61. The van der Waals surface area contributed by atoms with Crippen molar-refractivity contribution in [3.05, 3.63) is 125 Å². The van der Waals surface area contributed by atoms with Gasteiger partial charge in [-0.2, -0.15) is 5.26 Å². The van der Waals surface area contributed by atoms with E-state index in [1.165, 1.54) is 54.7 Å². The summed E-state index contributed by atoms with van der Waals surface area (Å²) in [5.41, 5.74) is 8.68. The predicted molar refractivity (Wildman–Crippen MR) is 167 cm³/mol. The van der Waals surface area contributed by atoms with Crippen LogP contribution in [0.2, 0.25) is 0 Å². The number of benzene rings is 3. The van der Waals surface area contributed by atoms with Gasteiger partial charge in [0, 0.05) is 35.2 Å². The fourth-order valence-corrected chi connectivity index (χ4v) is 6.29. The van der Waals surface area contributed by atoms with Gasteiger partial charge in [0.05, 0.1) is 48.0 Å². The van der Waals surface area contributed by atoms with Gasteiger partial charge in [0.2, 0.25) is 5.91 Å². The van der Waals surface area contributed by atoms with Gasteiger partial charge in [-0.05, 0) is 66.4 Å². The maximum absolute atomic E-state index is 15.1. The van der Waals surface area contributed by atoms with E-state index in [-0.39, 0.29) is 29.9 Å². The average molecular weight is 632 g/mol. The fourth-order valence-electron chi connectivity index (χ4n) is 5.33. The largest absolute Gasteiger partial charge is 0.371 e. The number of hydrogen-bond donors (Lipinski definition) is 3. The van der Waals surface area contributed by atoms with Crippen molar-refractivity contribution in [1.29, 1.82) is 5.26 Å². The number of nitriles is 1. The Bertz CT molecular complexity index is 1600. The first-order valence-corrected chi connectivity index (χ1v) is 15.5. The monoisotopic (exact) mass is 631 g/mol. The van der Waals surface area contributed by atoms with Crippen LogP contribution in [0.3, 0.4) is 0 Å². The summed E-state index contributed by atoms with van der Waals surface area (Å²) in [6.07, 6.45) is 2.97. The lowest BCUT2D eigenvalue weighted by atomic mass is 9.85. The van der Waals surface area contributed by atoms with Crippen molar-refractivity contribution in [2.75, 3.05) is 24.2 Å². The lowest BCUT2D eigenvalue weighted by molar-refractivity contribution is -0.117. The van der Waals surface area contributed by atoms with Crippen molar-refractivity contribution in [1.82, 2.24) is 10.3 Å². The third-order valence-corrected chi connectivity index (χ3v) is 8.75. The van der Waals surface area contributed by atoms with Gasteiger partial charge in [0.15, 0.2) is 0 Å². The first kappa shape index (κ1) is 32.2. The number of halogens is 3. The molecule has 0 bridgehead atoms. The summed E-state index contributed by atoms with van der Waals surface area (Å²) in [5, 5.41) is 15.3. The minimum Gasteiger partial charge on any atom is -0.371 e. The van der Waals surface area contributed by atoms with E-state index in [9.17, 15) is 13.6 Å². The Morgan fingerprint density at radius 2 is 1.69 bits per heavy atom. The third-order valence-electron chi connectivity index (χ3n) is 7.63. The minimum atomic E-state index is -1.17. The summed E-state index contributed by atoms with van der Waals surface area (Å²) in [6.45, 7) is 1.27. The second-order valence-electron chi connectivity index (χ2n) is 10.8. The van der Waals surface area contributed by atoms with Crippen LogP contribution in [0.5, 0.6) is 0 Å². The van der Waals surface area contributed by atoms with E-state index in [0.717, 1.165) is 11.1 Å².